The van der Waals surface area contributed by atoms with Crippen LogP contribution in [0.25, 0.3) is 0 Å². The lowest BCUT2D eigenvalue weighted by Crippen LogP contribution is -2.39. The van der Waals surface area contributed by atoms with Crippen molar-refractivity contribution >= 4 is 26.0 Å². The summed E-state index contributed by atoms with van der Waals surface area (Å²) in [5.41, 5.74) is 0. The molecule has 0 aliphatic heterocycles. The third-order valence-corrected chi connectivity index (χ3v) is 4.87. The Kier molecular flexibility index (Phi) is 6.25. The van der Waals surface area contributed by atoms with Gasteiger partial charge < -0.3 is 0 Å². The number of sulfonamides is 1. The van der Waals surface area contributed by atoms with Crippen LogP contribution in [0.15, 0.2) is 0 Å². The maximum absolute atomic E-state index is 11.5. The fourth-order valence-electron chi connectivity index (χ4n) is 1.02. The molecule has 0 aromatic carbocycles. The molecule has 3 nitrogen and oxygen atoms in total. The first kappa shape index (κ1) is 14.4. The SMILES string of the molecule is CC(C)CS(=O)(=O)NC(C)C(C)CBr. The molecular formula is C9H20BrNO2S. The van der Waals surface area contributed by atoms with Gasteiger partial charge in [-0.05, 0) is 18.8 Å². The minimum atomic E-state index is -3.11. The molecule has 0 amide bonds. The summed E-state index contributed by atoms with van der Waals surface area (Å²) in [6.07, 6.45) is 0. The fourth-order valence-corrected chi connectivity index (χ4v) is 3.35. The van der Waals surface area contributed by atoms with E-state index >= 15 is 0 Å². The van der Waals surface area contributed by atoms with E-state index in [0.717, 1.165) is 5.33 Å². The van der Waals surface area contributed by atoms with Gasteiger partial charge in [0.25, 0.3) is 0 Å². The Hall–Kier alpha value is 0.390. The first-order chi connectivity index (χ1) is 6.28. The summed E-state index contributed by atoms with van der Waals surface area (Å²) < 4.78 is 25.8. The molecule has 1 N–H and O–H groups in total. The smallest absolute Gasteiger partial charge is 0.212 e. The van der Waals surface area contributed by atoms with Crippen molar-refractivity contribution < 1.29 is 8.42 Å². The second-order valence-electron chi connectivity index (χ2n) is 4.21. The van der Waals surface area contributed by atoms with Crippen LogP contribution in [-0.4, -0.2) is 25.5 Å². The summed E-state index contributed by atoms with van der Waals surface area (Å²) in [6, 6.07) is -0.0156. The van der Waals surface area contributed by atoms with Gasteiger partial charge in [-0.15, -0.1) is 0 Å². The summed E-state index contributed by atoms with van der Waals surface area (Å²) in [6.45, 7) is 7.71. The molecule has 5 heteroatoms. The number of alkyl halides is 1. The van der Waals surface area contributed by atoms with Crippen molar-refractivity contribution in [1.82, 2.24) is 4.72 Å². The molecule has 0 spiro atoms. The summed E-state index contributed by atoms with van der Waals surface area (Å²) in [7, 11) is -3.11. The average molecular weight is 286 g/mol. The number of nitrogens with one attached hydrogen (secondary N) is 1. The molecule has 0 saturated heterocycles. The monoisotopic (exact) mass is 285 g/mol. The Balaban J connectivity index is 4.22. The predicted molar refractivity (Wildman–Crippen MR) is 64.2 cm³/mol. The minimum absolute atomic E-state index is 0.0156. The zero-order valence-corrected chi connectivity index (χ0v) is 11.7. The van der Waals surface area contributed by atoms with Crippen LogP contribution in [0, 0.1) is 11.8 Å². The molecule has 0 aromatic rings. The Morgan fingerprint density at radius 3 is 2.07 bits per heavy atom. The van der Waals surface area contributed by atoms with E-state index in [1.165, 1.54) is 0 Å². The number of halogens is 1. The highest BCUT2D eigenvalue weighted by molar-refractivity contribution is 9.09. The van der Waals surface area contributed by atoms with Crippen LogP contribution in [0.3, 0.4) is 0 Å². The predicted octanol–water partition coefficient (Wildman–Crippen LogP) is 1.98. The highest BCUT2D eigenvalue weighted by Crippen LogP contribution is 2.08. The zero-order chi connectivity index (χ0) is 11.4. The van der Waals surface area contributed by atoms with Gasteiger partial charge in [0.05, 0.1) is 5.75 Å². The first-order valence-corrected chi connectivity index (χ1v) is 7.62. The van der Waals surface area contributed by atoms with Crippen LogP contribution in [0.4, 0.5) is 0 Å². The molecule has 0 aromatic heterocycles. The number of hydrogen-bond acceptors (Lipinski definition) is 2. The molecule has 14 heavy (non-hydrogen) atoms. The second-order valence-corrected chi connectivity index (χ2v) is 6.66. The van der Waals surface area contributed by atoms with Crippen LogP contribution in [0.2, 0.25) is 0 Å². The number of rotatable bonds is 6. The van der Waals surface area contributed by atoms with Crippen LogP contribution in [-0.2, 0) is 10.0 Å². The van der Waals surface area contributed by atoms with E-state index in [1.807, 2.05) is 27.7 Å². The van der Waals surface area contributed by atoms with Crippen molar-refractivity contribution in [3.8, 4) is 0 Å². The molecule has 0 radical (unpaired) electrons. The van der Waals surface area contributed by atoms with Crippen molar-refractivity contribution in [3.05, 3.63) is 0 Å². The topological polar surface area (TPSA) is 46.2 Å². The molecule has 86 valence electrons. The molecule has 0 aliphatic rings. The molecule has 2 atom stereocenters. The van der Waals surface area contributed by atoms with Gasteiger partial charge in [0.1, 0.15) is 0 Å². The molecule has 0 heterocycles. The van der Waals surface area contributed by atoms with E-state index in [9.17, 15) is 8.42 Å². The van der Waals surface area contributed by atoms with E-state index < -0.39 is 10.0 Å². The van der Waals surface area contributed by atoms with Gasteiger partial charge in [0.15, 0.2) is 0 Å². The normalized spacial score (nSPS) is 17.0. The lowest BCUT2D eigenvalue weighted by molar-refractivity contribution is 0.481. The van der Waals surface area contributed by atoms with Gasteiger partial charge in [-0.2, -0.15) is 0 Å². The Morgan fingerprint density at radius 1 is 1.21 bits per heavy atom. The molecular weight excluding hydrogens is 266 g/mol. The van der Waals surface area contributed by atoms with Crippen LogP contribution < -0.4 is 4.72 Å². The molecule has 0 saturated carbocycles. The van der Waals surface area contributed by atoms with Gasteiger partial charge in [0, 0.05) is 11.4 Å². The molecule has 0 fully saturated rings. The Labute approximate surface area is 95.8 Å². The largest absolute Gasteiger partial charge is 0.212 e. The molecule has 0 aliphatic carbocycles. The van der Waals surface area contributed by atoms with Gasteiger partial charge in [-0.1, -0.05) is 36.7 Å². The summed E-state index contributed by atoms with van der Waals surface area (Å²) in [5, 5.41) is 0.804. The summed E-state index contributed by atoms with van der Waals surface area (Å²) >= 11 is 3.34. The second kappa shape index (κ2) is 6.08. The van der Waals surface area contributed by atoms with Crippen LogP contribution in [0.1, 0.15) is 27.7 Å². The summed E-state index contributed by atoms with van der Waals surface area (Å²) in [4.78, 5) is 0. The van der Waals surface area contributed by atoms with Crippen molar-refractivity contribution in [3.63, 3.8) is 0 Å². The van der Waals surface area contributed by atoms with Gasteiger partial charge in [-0.3, -0.25) is 0 Å². The maximum Gasteiger partial charge on any atom is 0.212 e. The lowest BCUT2D eigenvalue weighted by Gasteiger charge is -2.19. The van der Waals surface area contributed by atoms with Gasteiger partial charge >= 0.3 is 0 Å². The zero-order valence-electron chi connectivity index (χ0n) is 9.25. The third kappa shape index (κ3) is 5.98. The van der Waals surface area contributed by atoms with Crippen molar-refractivity contribution in [1.29, 1.82) is 0 Å². The van der Waals surface area contributed by atoms with Crippen molar-refractivity contribution in [2.75, 3.05) is 11.1 Å². The average Bonchev–Trinajstić information content (AvgIpc) is 1.99. The minimum Gasteiger partial charge on any atom is -0.212 e. The number of hydrogen-bond donors (Lipinski definition) is 1. The van der Waals surface area contributed by atoms with E-state index in [2.05, 4.69) is 20.7 Å². The van der Waals surface area contributed by atoms with E-state index in [-0.39, 0.29) is 17.7 Å². The van der Waals surface area contributed by atoms with Gasteiger partial charge in [-0.25, -0.2) is 13.1 Å². The maximum atomic E-state index is 11.5. The van der Waals surface area contributed by atoms with E-state index in [4.69, 9.17) is 0 Å². The standard InChI is InChI=1S/C9H20BrNO2S/c1-7(2)6-14(12,13)11-9(4)8(3)5-10/h7-9,11H,5-6H2,1-4H3. The van der Waals surface area contributed by atoms with E-state index in [1.54, 1.807) is 0 Å². The quantitative estimate of drug-likeness (QED) is 0.759. The van der Waals surface area contributed by atoms with Crippen LogP contribution >= 0.6 is 15.9 Å². The third-order valence-electron chi connectivity index (χ3n) is 2.02. The van der Waals surface area contributed by atoms with Crippen LogP contribution in [0.5, 0.6) is 0 Å². The fraction of sp³-hybridized carbons (Fsp3) is 1.00. The van der Waals surface area contributed by atoms with Crippen molar-refractivity contribution in [2.24, 2.45) is 11.8 Å². The van der Waals surface area contributed by atoms with E-state index in [0.29, 0.717) is 5.92 Å². The Morgan fingerprint density at radius 2 is 1.71 bits per heavy atom. The van der Waals surface area contributed by atoms with Gasteiger partial charge in [0.2, 0.25) is 10.0 Å². The Bertz CT molecular complexity index is 252. The molecule has 0 bridgehead atoms. The summed E-state index contributed by atoms with van der Waals surface area (Å²) in [5.74, 6) is 0.669. The molecule has 0 rings (SSSR count). The van der Waals surface area contributed by atoms with Crippen molar-refractivity contribution in [2.45, 2.75) is 33.7 Å². The highest BCUT2D eigenvalue weighted by atomic mass is 79.9. The highest BCUT2D eigenvalue weighted by Gasteiger charge is 2.19. The lowest BCUT2D eigenvalue weighted by atomic mass is 10.1. The molecule has 2 unspecified atom stereocenters. The first-order valence-electron chi connectivity index (χ1n) is 4.84.